The molecule has 1 aromatic heterocycles. The average Bonchev–Trinajstić information content (AvgIpc) is 3.31. The summed E-state index contributed by atoms with van der Waals surface area (Å²) in [6.07, 6.45) is 3.74. The maximum atomic E-state index is 12.8. The van der Waals surface area contributed by atoms with Crippen LogP contribution in [0, 0.1) is 0 Å². The first-order valence-electron chi connectivity index (χ1n) is 8.68. The summed E-state index contributed by atoms with van der Waals surface area (Å²) in [6.45, 7) is 2.05. The van der Waals surface area contributed by atoms with Crippen molar-refractivity contribution in [2.24, 2.45) is 0 Å². The number of hydrogen-bond acceptors (Lipinski definition) is 3. The lowest BCUT2D eigenvalue weighted by Crippen LogP contribution is -2.38. The van der Waals surface area contributed by atoms with Crippen molar-refractivity contribution in [3.63, 3.8) is 0 Å². The molecule has 1 aliphatic rings. The highest BCUT2D eigenvalue weighted by Crippen LogP contribution is 2.34. The van der Waals surface area contributed by atoms with E-state index in [9.17, 15) is 4.79 Å². The van der Waals surface area contributed by atoms with E-state index in [-0.39, 0.29) is 18.6 Å². The first kappa shape index (κ1) is 15.8. The van der Waals surface area contributed by atoms with Crippen molar-refractivity contribution < 1.29 is 13.9 Å². The highest BCUT2D eigenvalue weighted by Gasteiger charge is 2.37. The van der Waals surface area contributed by atoms with E-state index in [1.54, 1.807) is 6.26 Å². The Balaban J connectivity index is 1.45. The molecule has 1 heterocycles. The molecule has 1 atom stereocenters. The van der Waals surface area contributed by atoms with Crippen LogP contribution in [0.1, 0.15) is 31.6 Å². The van der Waals surface area contributed by atoms with Gasteiger partial charge in [-0.1, -0.05) is 30.3 Å². The summed E-state index contributed by atoms with van der Waals surface area (Å²) < 4.78 is 11.3. The number of furan rings is 1. The quantitative estimate of drug-likeness (QED) is 0.663. The van der Waals surface area contributed by atoms with Gasteiger partial charge in [0.25, 0.3) is 5.91 Å². The Kier molecular flexibility index (Phi) is 4.18. The van der Waals surface area contributed by atoms with Gasteiger partial charge >= 0.3 is 0 Å². The van der Waals surface area contributed by atoms with E-state index in [2.05, 4.69) is 6.07 Å². The fourth-order valence-electron chi connectivity index (χ4n) is 3.23. The first-order chi connectivity index (χ1) is 12.2. The van der Waals surface area contributed by atoms with Gasteiger partial charge in [0, 0.05) is 6.04 Å². The molecule has 0 bridgehead atoms. The molecule has 4 heteroatoms. The summed E-state index contributed by atoms with van der Waals surface area (Å²) in [6, 6.07) is 18.0. The predicted octanol–water partition coefficient (Wildman–Crippen LogP) is 4.56. The zero-order valence-corrected chi connectivity index (χ0v) is 14.2. The molecule has 0 N–H and O–H groups in total. The molecule has 0 aliphatic heterocycles. The lowest BCUT2D eigenvalue weighted by molar-refractivity contribution is -0.136. The number of carbonyl (C=O) groups excluding carboxylic acids is 1. The molecule has 1 fully saturated rings. The Bertz CT molecular complexity index is 868. The molecule has 3 aromatic rings. The summed E-state index contributed by atoms with van der Waals surface area (Å²) in [5.41, 5.74) is 0. The van der Waals surface area contributed by atoms with Crippen molar-refractivity contribution in [2.75, 3.05) is 6.61 Å². The largest absolute Gasteiger partial charge is 0.484 e. The average molecular weight is 335 g/mol. The van der Waals surface area contributed by atoms with Crippen LogP contribution in [0.5, 0.6) is 5.75 Å². The molecule has 1 amide bonds. The van der Waals surface area contributed by atoms with Crippen LogP contribution in [0.4, 0.5) is 0 Å². The Morgan fingerprint density at radius 1 is 1.16 bits per heavy atom. The number of rotatable bonds is 6. The third kappa shape index (κ3) is 3.38. The van der Waals surface area contributed by atoms with Crippen molar-refractivity contribution >= 4 is 16.7 Å². The zero-order valence-electron chi connectivity index (χ0n) is 14.2. The standard InChI is InChI=1S/C21H21NO3/c1-15(20-7-4-12-24-20)22(18-9-10-18)21(23)14-25-19-11-8-16-5-2-3-6-17(16)13-19/h2-8,11-13,15,18H,9-10,14H2,1H3. The number of hydrogen-bond donors (Lipinski definition) is 0. The Hall–Kier alpha value is -2.75. The van der Waals surface area contributed by atoms with E-state index < -0.39 is 0 Å². The lowest BCUT2D eigenvalue weighted by atomic mass is 10.1. The molecular formula is C21H21NO3. The minimum atomic E-state index is -0.0739. The van der Waals surface area contributed by atoms with E-state index >= 15 is 0 Å². The fraction of sp³-hybridized carbons (Fsp3) is 0.286. The number of fused-ring (bicyclic) bond motifs is 1. The highest BCUT2D eigenvalue weighted by molar-refractivity contribution is 5.84. The van der Waals surface area contributed by atoms with Gasteiger partial charge in [-0.2, -0.15) is 0 Å². The maximum Gasteiger partial charge on any atom is 0.261 e. The molecule has 4 nitrogen and oxygen atoms in total. The molecule has 2 aromatic carbocycles. The van der Waals surface area contributed by atoms with Gasteiger partial charge in [0.05, 0.1) is 12.3 Å². The van der Waals surface area contributed by atoms with Crippen molar-refractivity contribution in [1.29, 1.82) is 0 Å². The second kappa shape index (κ2) is 6.63. The van der Waals surface area contributed by atoms with E-state index in [4.69, 9.17) is 9.15 Å². The van der Waals surface area contributed by atoms with Gasteiger partial charge in [0.2, 0.25) is 0 Å². The molecule has 128 valence electrons. The van der Waals surface area contributed by atoms with Gasteiger partial charge in [-0.15, -0.1) is 0 Å². The van der Waals surface area contributed by atoms with Crippen LogP contribution in [-0.2, 0) is 4.79 Å². The maximum absolute atomic E-state index is 12.8. The van der Waals surface area contributed by atoms with E-state index in [1.807, 2.05) is 60.4 Å². The number of ether oxygens (including phenoxy) is 1. The van der Waals surface area contributed by atoms with Crippen LogP contribution in [0.25, 0.3) is 10.8 Å². The molecule has 1 aliphatic carbocycles. The fourth-order valence-corrected chi connectivity index (χ4v) is 3.23. The Labute approximate surface area is 147 Å². The number of benzene rings is 2. The summed E-state index contributed by atoms with van der Waals surface area (Å²) in [5.74, 6) is 1.53. The van der Waals surface area contributed by atoms with E-state index in [0.29, 0.717) is 11.8 Å². The Morgan fingerprint density at radius 2 is 1.96 bits per heavy atom. The third-order valence-corrected chi connectivity index (χ3v) is 4.68. The summed E-state index contributed by atoms with van der Waals surface area (Å²) in [4.78, 5) is 14.7. The molecule has 25 heavy (non-hydrogen) atoms. The van der Waals surface area contributed by atoms with Crippen molar-refractivity contribution in [1.82, 2.24) is 4.90 Å². The van der Waals surface area contributed by atoms with Gasteiger partial charge < -0.3 is 14.1 Å². The molecular weight excluding hydrogens is 314 g/mol. The first-order valence-corrected chi connectivity index (χ1v) is 8.68. The number of carbonyl (C=O) groups is 1. The molecule has 4 rings (SSSR count). The van der Waals surface area contributed by atoms with Crippen LogP contribution < -0.4 is 4.74 Å². The van der Waals surface area contributed by atoms with Crippen LogP contribution in [-0.4, -0.2) is 23.5 Å². The summed E-state index contributed by atoms with van der Waals surface area (Å²) in [5, 5.41) is 2.27. The van der Waals surface area contributed by atoms with Gasteiger partial charge in [-0.25, -0.2) is 0 Å². The molecule has 0 radical (unpaired) electrons. The van der Waals surface area contributed by atoms with Crippen LogP contribution in [0.3, 0.4) is 0 Å². The van der Waals surface area contributed by atoms with Crippen molar-refractivity contribution in [3.05, 3.63) is 66.6 Å². The van der Waals surface area contributed by atoms with E-state index in [0.717, 1.165) is 29.4 Å². The van der Waals surface area contributed by atoms with Crippen molar-refractivity contribution in [3.8, 4) is 5.75 Å². The normalized spacial score (nSPS) is 15.1. The zero-order chi connectivity index (χ0) is 17.2. The predicted molar refractivity (Wildman–Crippen MR) is 96.4 cm³/mol. The summed E-state index contributed by atoms with van der Waals surface area (Å²) >= 11 is 0. The molecule has 0 saturated heterocycles. The van der Waals surface area contributed by atoms with Crippen molar-refractivity contribution in [2.45, 2.75) is 31.8 Å². The molecule has 1 unspecified atom stereocenters. The van der Waals surface area contributed by atoms with Crippen LogP contribution >= 0.6 is 0 Å². The minimum absolute atomic E-state index is 0.000409. The van der Waals surface area contributed by atoms with Crippen LogP contribution in [0.2, 0.25) is 0 Å². The monoisotopic (exact) mass is 335 g/mol. The lowest BCUT2D eigenvalue weighted by Gasteiger charge is -2.28. The van der Waals surface area contributed by atoms with Gasteiger partial charge in [0.15, 0.2) is 6.61 Å². The van der Waals surface area contributed by atoms with Gasteiger partial charge in [-0.3, -0.25) is 4.79 Å². The topological polar surface area (TPSA) is 42.7 Å². The second-order valence-corrected chi connectivity index (χ2v) is 6.52. The minimum Gasteiger partial charge on any atom is -0.484 e. The molecule has 0 spiro atoms. The van der Waals surface area contributed by atoms with Gasteiger partial charge in [-0.05, 0) is 54.8 Å². The second-order valence-electron chi connectivity index (χ2n) is 6.52. The number of nitrogens with zero attached hydrogens (tertiary/aromatic N) is 1. The third-order valence-electron chi connectivity index (χ3n) is 4.68. The number of amides is 1. The smallest absolute Gasteiger partial charge is 0.261 e. The Morgan fingerprint density at radius 3 is 2.68 bits per heavy atom. The van der Waals surface area contributed by atoms with E-state index in [1.165, 1.54) is 0 Å². The van der Waals surface area contributed by atoms with Crippen LogP contribution in [0.15, 0.2) is 65.3 Å². The highest BCUT2D eigenvalue weighted by atomic mass is 16.5. The SMILES string of the molecule is CC(c1ccco1)N(C(=O)COc1ccc2ccccc2c1)C1CC1. The van der Waals surface area contributed by atoms with Gasteiger partial charge in [0.1, 0.15) is 11.5 Å². The summed E-state index contributed by atoms with van der Waals surface area (Å²) in [7, 11) is 0. The molecule has 1 saturated carbocycles.